The van der Waals surface area contributed by atoms with Crippen LogP contribution in [0.15, 0.2) is 41.6 Å². The molecule has 1 aromatic heterocycles. The van der Waals surface area contributed by atoms with Gasteiger partial charge in [-0.25, -0.2) is 0 Å². The highest BCUT2D eigenvalue weighted by atomic mass is 16.6. The standard InChI is InChI=1S/C16H18N2O/c1-12-6-4-7-13(2)16(12)11-19-17-10-15-9-5-8-14(3)18-15/h4-10H,11H2,1-3H3/b17-10+. The Labute approximate surface area is 113 Å². The third-order valence-corrected chi connectivity index (χ3v) is 3.02. The first-order chi connectivity index (χ1) is 9.16. The Hall–Kier alpha value is -2.16. The quantitative estimate of drug-likeness (QED) is 0.617. The van der Waals surface area contributed by atoms with Crippen molar-refractivity contribution in [2.45, 2.75) is 27.4 Å². The van der Waals surface area contributed by atoms with Crippen LogP contribution in [0.1, 0.15) is 28.1 Å². The zero-order valence-electron chi connectivity index (χ0n) is 11.6. The van der Waals surface area contributed by atoms with Crippen LogP contribution < -0.4 is 0 Å². The molecular formula is C16H18N2O. The summed E-state index contributed by atoms with van der Waals surface area (Å²) in [5.41, 5.74) is 5.42. The molecule has 0 amide bonds. The maximum Gasteiger partial charge on any atom is 0.142 e. The molecule has 0 N–H and O–H groups in total. The summed E-state index contributed by atoms with van der Waals surface area (Å²) < 4.78 is 0. The molecule has 0 aliphatic rings. The van der Waals surface area contributed by atoms with Gasteiger partial charge in [-0.3, -0.25) is 4.98 Å². The fraction of sp³-hybridized carbons (Fsp3) is 0.250. The van der Waals surface area contributed by atoms with Crippen LogP contribution in [0.25, 0.3) is 0 Å². The first kappa shape index (κ1) is 13.3. The van der Waals surface area contributed by atoms with Gasteiger partial charge in [-0.1, -0.05) is 29.4 Å². The van der Waals surface area contributed by atoms with Gasteiger partial charge >= 0.3 is 0 Å². The lowest BCUT2D eigenvalue weighted by molar-refractivity contribution is 0.131. The predicted molar refractivity (Wildman–Crippen MR) is 77.3 cm³/mol. The van der Waals surface area contributed by atoms with Crippen LogP contribution in [0.5, 0.6) is 0 Å². The van der Waals surface area contributed by atoms with Gasteiger partial charge in [-0.15, -0.1) is 0 Å². The summed E-state index contributed by atoms with van der Waals surface area (Å²) >= 11 is 0. The Balaban J connectivity index is 1.97. The van der Waals surface area contributed by atoms with Crippen LogP contribution in [0.4, 0.5) is 0 Å². The van der Waals surface area contributed by atoms with E-state index in [2.05, 4.69) is 36.1 Å². The zero-order valence-corrected chi connectivity index (χ0v) is 11.6. The molecule has 3 heteroatoms. The van der Waals surface area contributed by atoms with E-state index >= 15 is 0 Å². The number of nitrogens with zero attached hydrogens (tertiary/aromatic N) is 2. The van der Waals surface area contributed by atoms with Gasteiger partial charge < -0.3 is 4.84 Å². The van der Waals surface area contributed by atoms with Crippen molar-refractivity contribution in [1.82, 2.24) is 4.98 Å². The lowest BCUT2D eigenvalue weighted by Gasteiger charge is -2.07. The molecule has 0 saturated carbocycles. The van der Waals surface area contributed by atoms with E-state index < -0.39 is 0 Å². The van der Waals surface area contributed by atoms with Gasteiger partial charge in [0.05, 0.1) is 11.9 Å². The number of oxime groups is 1. The molecule has 2 rings (SSSR count). The van der Waals surface area contributed by atoms with E-state index in [0.29, 0.717) is 6.61 Å². The summed E-state index contributed by atoms with van der Waals surface area (Å²) in [5.74, 6) is 0. The molecule has 0 saturated heterocycles. The van der Waals surface area contributed by atoms with E-state index in [4.69, 9.17) is 4.84 Å². The molecule has 1 heterocycles. The smallest absolute Gasteiger partial charge is 0.142 e. The fourth-order valence-corrected chi connectivity index (χ4v) is 1.91. The molecule has 0 fully saturated rings. The van der Waals surface area contributed by atoms with Crippen molar-refractivity contribution in [3.05, 3.63) is 64.5 Å². The monoisotopic (exact) mass is 254 g/mol. The predicted octanol–water partition coefficient (Wildman–Crippen LogP) is 3.56. The topological polar surface area (TPSA) is 34.5 Å². The van der Waals surface area contributed by atoms with Gasteiger partial charge in [0.15, 0.2) is 0 Å². The minimum Gasteiger partial charge on any atom is -0.391 e. The average molecular weight is 254 g/mol. The lowest BCUT2D eigenvalue weighted by Crippen LogP contribution is -1.96. The molecule has 0 bridgehead atoms. The second-order valence-corrected chi connectivity index (χ2v) is 4.58. The van der Waals surface area contributed by atoms with Gasteiger partial charge in [-0.2, -0.15) is 0 Å². The van der Waals surface area contributed by atoms with Crippen molar-refractivity contribution in [2.24, 2.45) is 5.16 Å². The van der Waals surface area contributed by atoms with E-state index in [0.717, 1.165) is 11.4 Å². The highest BCUT2D eigenvalue weighted by Crippen LogP contribution is 2.14. The Morgan fingerprint density at radius 2 is 1.74 bits per heavy atom. The van der Waals surface area contributed by atoms with E-state index in [1.807, 2.05) is 31.2 Å². The van der Waals surface area contributed by atoms with Crippen molar-refractivity contribution in [1.29, 1.82) is 0 Å². The molecule has 0 aliphatic carbocycles. The largest absolute Gasteiger partial charge is 0.391 e. The molecule has 0 spiro atoms. The first-order valence-electron chi connectivity index (χ1n) is 6.31. The lowest BCUT2D eigenvalue weighted by atomic mass is 10.0. The summed E-state index contributed by atoms with van der Waals surface area (Å²) in [6.07, 6.45) is 1.64. The number of aryl methyl sites for hydroxylation is 3. The van der Waals surface area contributed by atoms with Crippen molar-refractivity contribution in [2.75, 3.05) is 0 Å². The van der Waals surface area contributed by atoms with Gasteiger partial charge in [0, 0.05) is 5.69 Å². The molecule has 0 unspecified atom stereocenters. The van der Waals surface area contributed by atoms with Gasteiger partial charge in [-0.05, 0) is 49.6 Å². The van der Waals surface area contributed by atoms with E-state index in [9.17, 15) is 0 Å². The molecule has 3 nitrogen and oxygen atoms in total. The fourth-order valence-electron chi connectivity index (χ4n) is 1.91. The van der Waals surface area contributed by atoms with Crippen LogP contribution in [-0.4, -0.2) is 11.2 Å². The first-order valence-corrected chi connectivity index (χ1v) is 6.31. The molecule has 0 aliphatic heterocycles. The number of aromatic nitrogens is 1. The Morgan fingerprint density at radius 3 is 2.42 bits per heavy atom. The van der Waals surface area contributed by atoms with Crippen LogP contribution in [0, 0.1) is 20.8 Å². The van der Waals surface area contributed by atoms with E-state index in [1.54, 1.807) is 6.21 Å². The van der Waals surface area contributed by atoms with Crippen molar-refractivity contribution < 1.29 is 4.84 Å². The second-order valence-electron chi connectivity index (χ2n) is 4.58. The third kappa shape index (κ3) is 3.65. The molecule has 98 valence electrons. The minimum atomic E-state index is 0.487. The van der Waals surface area contributed by atoms with Gasteiger partial charge in [0.1, 0.15) is 6.61 Å². The number of hydrogen-bond acceptors (Lipinski definition) is 3. The number of rotatable bonds is 4. The van der Waals surface area contributed by atoms with Gasteiger partial charge in [0.25, 0.3) is 0 Å². The molecule has 1 aromatic carbocycles. The Bertz CT molecular complexity index is 571. The Morgan fingerprint density at radius 1 is 1.05 bits per heavy atom. The van der Waals surface area contributed by atoms with E-state index in [-0.39, 0.29) is 0 Å². The number of pyridine rings is 1. The van der Waals surface area contributed by atoms with E-state index in [1.165, 1.54) is 16.7 Å². The van der Waals surface area contributed by atoms with Crippen molar-refractivity contribution in [3.63, 3.8) is 0 Å². The van der Waals surface area contributed by atoms with Crippen molar-refractivity contribution >= 4 is 6.21 Å². The van der Waals surface area contributed by atoms with Gasteiger partial charge in [0.2, 0.25) is 0 Å². The summed E-state index contributed by atoms with van der Waals surface area (Å²) in [5, 5.41) is 3.97. The van der Waals surface area contributed by atoms with Crippen LogP contribution in [-0.2, 0) is 11.4 Å². The summed E-state index contributed by atoms with van der Waals surface area (Å²) in [4.78, 5) is 9.68. The molecule has 0 atom stereocenters. The van der Waals surface area contributed by atoms with Crippen LogP contribution >= 0.6 is 0 Å². The van der Waals surface area contributed by atoms with Crippen LogP contribution in [0.3, 0.4) is 0 Å². The summed E-state index contributed by atoms with van der Waals surface area (Å²) in [6, 6.07) is 12.0. The number of hydrogen-bond donors (Lipinski definition) is 0. The normalized spacial score (nSPS) is 10.9. The molecule has 19 heavy (non-hydrogen) atoms. The summed E-state index contributed by atoms with van der Waals surface area (Å²) in [6.45, 7) is 6.60. The maximum absolute atomic E-state index is 5.35. The summed E-state index contributed by atoms with van der Waals surface area (Å²) in [7, 11) is 0. The average Bonchev–Trinajstić information content (AvgIpc) is 2.37. The minimum absolute atomic E-state index is 0.487. The maximum atomic E-state index is 5.35. The van der Waals surface area contributed by atoms with Crippen molar-refractivity contribution in [3.8, 4) is 0 Å². The zero-order chi connectivity index (χ0) is 13.7. The number of benzene rings is 1. The SMILES string of the molecule is Cc1cccc(/C=N/OCc2c(C)cccc2C)n1. The molecule has 0 radical (unpaired) electrons. The van der Waals surface area contributed by atoms with Crippen LogP contribution in [0.2, 0.25) is 0 Å². The molecule has 2 aromatic rings. The second kappa shape index (κ2) is 6.14. The Kier molecular flexibility index (Phi) is 4.29. The molecular weight excluding hydrogens is 236 g/mol. The third-order valence-electron chi connectivity index (χ3n) is 3.02. The highest BCUT2D eigenvalue weighted by molar-refractivity contribution is 5.76. The highest BCUT2D eigenvalue weighted by Gasteiger charge is 2.01.